The number of halogens is 1. The number of ketones is 1. The lowest BCUT2D eigenvalue weighted by Gasteiger charge is -2.07. The molecule has 1 fully saturated rings. The highest BCUT2D eigenvalue weighted by atomic mass is 19.1. The molecular formula is C11H11FO3. The minimum absolute atomic E-state index is 0.142. The fraction of sp³-hybridized carbons (Fsp3) is 0.364. The summed E-state index contributed by atoms with van der Waals surface area (Å²) in [5, 5.41) is 0. The van der Waals surface area contributed by atoms with Gasteiger partial charge in [-0.3, -0.25) is 4.79 Å². The van der Waals surface area contributed by atoms with Gasteiger partial charge in [-0.25, -0.2) is 4.39 Å². The zero-order chi connectivity index (χ0) is 10.7. The molecular weight excluding hydrogens is 199 g/mol. The molecule has 1 aromatic carbocycles. The van der Waals surface area contributed by atoms with E-state index in [2.05, 4.69) is 0 Å². The van der Waals surface area contributed by atoms with Gasteiger partial charge in [0, 0.05) is 5.56 Å². The topological polar surface area (TPSA) is 35.5 Å². The van der Waals surface area contributed by atoms with Crippen molar-refractivity contribution >= 4 is 5.78 Å². The van der Waals surface area contributed by atoms with E-state index in [0.29, 0.717) is 18.8 Å². The number of hydrogen-bond acceptors (Lipinski definition) is 3. The monoisotopic (exact) mass is 210 g/mol. The lowest BCUT2D eigenvalue weighted by Crippen LogP contribution is -2.14. The van der Waals surface area contributed by atoms with E-state index in [1.807, 2.05) is 0 Å². The van der Waals surface area contributed by atoms with Crippen LogP contribution in [0.25, 0.3) is 0 Å². The fourth-order valence-electron chi connectivity index (χ4n) is 1.46. The van der Waals surface area contributed by atoms with Gasteiger partial charge in [0.05, 0.1) is 19.6 Å². The van der Waals surface area contributed by atoms with E-state index in [4.69, 9.17) is 9.47 Å². The summed E-state index contributed by atoms with van der Waals surface area (Å²) < 4.78 is 23.1. The zero-order valence-corrected chi connectivity index (χ0v) is 8.11. The predicted molar refractivity (Wildman–Crippen MR) is 51.0 cm³/mol. The van der Waals surface area contributed by atoms with Crippen molar-refractivity contribution in [2.75, 3.05) is 13.2 Å². The second-order valence-electron chi connectivity index (χ2n) is 3.31. The summed E-state index contributed by atoms with van der Waals surface area (Å²) in [6.45, 7) is 1.03. The summed E-state index contributed by atoms with van der Waals surface area (Å²) >= 11 is 0. The number of ether oxygens (including phenoxy) is 2. The Morgan fingerprint density at radius 1 is 1.40 bits per heavy atom. The van der Waals surface area contributed by atoms with Crippen molar-refractivity contribution in [2.45, 2.75) is 12.7 Å². The molecule has 1 aliphatic rings. The maximum absolute atomic E-state index is 12.8. The summed E-state index contributed by atoms with van der Waals surface area (Å²) in [5.74, 6) is -0.574. The van der Waals surface area contributed by atoms with Gasteiger partial charge in [0.1, 0.15) is 5.82 Å². The summed E-state index contributed by atoms with van der Waals surface area (Å²) in [4.78, 5) is 11.6. The van der Waals surface area contributed by atoms with Crippen molar-refractivity contribution in [3.05, 3.63) is 35.6 Å². The molecule has 0 N–H and O–H groups in total. The third kappa shape index (κ3) is 2.61. The molecule has 1 aliphatic heterocycles. The molecule has 2 rings (SSSR count). The molecule has 4 heteroatoms. The number of rotatable bonds is 3. The van der Waals surface area contributed by atoms with Gasteiger partial charge in [-0.05, 0) is 12.1 Å². The van der Waals surface area contributed by atoms with Crippen molar-refractivity contribution in [3.63, 3.8) is 0 Å². The van der Waals surface area contributed by atoms with Gasteiger partial charge in [-0.1, -0.05) is 12.1 Å². The summed E-state index contributed by atoms with van der Waals surface area (Å²) in [7, 11) is 0. The standard InChI is InChI=1S/C11H11FO3/c12-9-3-1-2-8(6-9)10(13)7-11-14-4-5-15-11/h1-3,6,11H,4-5,7H2. The zero-order valence-electron chi connectivity index (χ0n) is 8.11. The first kappa shape index (κ1) is 10.3. The summed E-state index contributed by atoms with van der Waals surface area (Å²) in [6.07, 6.45) is -0.329. The Bertz CT molecular complexity index is 359. The second kappa shape index (κ2) is 4.51. The van der Waals surface area contributed by atoms with Gasteiger partial charge < -0.3 is 9.47 Å². The predicted octanol–water partition coefficient (Wildman–Crippen LogP) is 1.77. The molecule has 0 unspecified atom stereocenters. The van der Waals surface area contributed by atoms with Crippen LogP contribution in [0.4, 0.5) is 4.39 Å². The maximum atomic E-state index is 12.8. The molecule has 0 radical (unpaired) electrons. The van der Waals surface area contributed by atoms with E-state index in [0.717, 1.165) is 0 Å². The molecule has 0 amide bonds. The molecule has 15 heavy (non-hydrogen) atoms. The van der Waals surface area contributed by atoms with E-state index in [1.54, 1.807) is 6.07 Å². The highest BCUT2D eigenvalue weighted by molar-refractivity contribution is 5.96. The lowest BCUT2D eigenvalue weighted by molar-refractivity contribution is -0.0407. The highest BCUT2D eigenvalue weighted by Crippen LogP contribution is 2.13. The van der Waals surface area contributed by atoms with E-state index < -0.39 is 12.1 Å². The molecule has 1 saturated heterocycles. The number of carbonyl (C=O) groups excluding carboxylic acids is 1. The number of Topliss-reactive ketones (excluding diaryl/α,β-unsaturated/α-hetero) is 1. The minimum Gasteiger partial charge on any atom is -0.350 e. The Hall–Kier alpha value is -1.26. The minimum atomic E-state index is -0.472. The quantitative estimate of drug-likeness (QED) is 0.713. The highest BCUT2D eigenvalue weighted by Gasteiger charge is 2.20. The molecule has 0 bridgehead atoms. The van der Waals surface area contributed by atoms with Crippen molar-refractivity contribution in [1.29, 1.82) is 0 Å². The Labute approximate surface area is 86.8 Å². The van der Waals surface area contributed by atoms with Crippen molar-refractivity contribution in [2.24, 2.45) is 0 Å². The molecule has 80 valence electrons. The van der Waals surface area contributed by atoms with E-state index in [1.165, 1.54) is 18.2 Å². The van der Waals surface area contributed by atoms with E-state index in [9.17, 15) is 9.18 Å². The SMILES string of the molecule is O=C(CC1OCCO1)c1cccc(F)c1. The van der Waals surface area contributed by atoms with E-state index in [-0.39, 0.29) is 12.2 Å². The Morgan fingerprint density at radius 2 is 2.13 bits per heavy atom. The van der Waals surface area contributed by atoms with Crippen molar-refractivity contribution in [1.82, 2.24) is 0 Å². The molecule has 1 aromatic rings. The van der Waals surface area contributed by atoms with Crippen LogP contribution in [0, 0.1) is 5.82 Å². The van der Waals surface area contributed by atoms with Crippen LogP contribution in [0.1, 0.15) is 16.8 Å². The Balaban J connectivity index is 2.01. The third-order valence-electron chi connectivity index (χ3n) is 2.19. The van der Waals surface area contributed by atoms with Gasteiger partial charge in [0.15, 0.2) is 12.1 Å². The Kier molecular flexibility index (Phi) is 3.08. The summed E-state index contributed by atoms with van der Waals surface area (Å²) in [5.41, 5.74) is 0.356. The van der Waals surface area contributed by atoms with Crippen LogP contribution in [-0.2, 0) is 9.47 Å². The van der Waals surface area contributed by atoms with Crippen LogP contribution in [0.5, 0.6) is 0 Å². The Morgan fingerprint density at radius 3 is 2.80 bits per heavy atom. The van der Waals surface area contributed by atoms with Crippen LogP contribution < -0.4 is 0 Å². The largest absolute Gasteiger partial charge is 0.350 e. The number of carbonyl (C=O) groups is 1. The average molecular weight is 210 g/mol. The molecule has 3 nitrogen and oxygen atoms in total. The molecule has 0 aliphatic carbocycles. The molecule has 1 heterocycles. The van der Waals surface area contributed by atoms with Crippen molar-refractivity contribution < 1.29 is 18.7 Å². The van der Waals surface area contributed by atoms with Gasteiger partial charge in [-0.2, -0.15) is 0 Å². The van der Waals surface area contributed by atoms with Gasteiger partial charge in [0.25, 0.3) is 0 Å². The normalized spacial score (nSPS) is 16.9. The molecule has 0 aromatic heterocycles. The first-order valence-electron chi connectivity index (χ1n) is 4.78. The number of benzene rings is 1. The van der Waals surface area contributed by atoms with Gasteiger partial charge in [0.2, 0.25) is 0 Å². The summed E-state index contributed by atoms with van der Waals surface area (Å²) in [6, 6.07) is 5.62. The van der Waals surface area contributed by atoms with Crippen LogP contribution in [0.2, 0.25) is 0 Å². The first-order valence-corrected chi connectivity index (χ1v) is 4.78. The average Bonchev–Trinajstić information content (AvgIpc) is 2.70. The fourth-order valence-corrected chi connectivity index (χ4v) is 1.46. The smallest absolute Gasteiger partial charge is 0.168 e. The van der Waals surface area contributed by atoms with Crippen LogP contribution >= 0.6 is 0 Å². The third-order valence-corrected chi connectivity index (χ3v) is 2.19. The van der Waals surface area contributed by atoms with Crippen molar-refractivity contribution in [3.8, 4) is 0 Å². The molecule has 0 saturated carbocycles. The maximum Gasteiger partial charge on any atom is 0.168 e. The molecule has 0 atom stereocenters. The van der Waals surface area contributed by atoms with Crippen LogP contribution in [-0.4, -0.2) is 25.3 Å². The van der Waals surface area contributed by atoms with Crippen LogP contribution in [0.3, 0.4) is 0 Å². The van der Waals surface area contributed by atoms with Crippen LogP contribution in [0.15, 0.2) is 24.3 Å². The van der Waals surface area contributed by atoms with Gasteiger partial charge >= 0.3 is 0 Å². The first-order chi connectivity index (χ1) is 7.25. The second-order valence-corrected chi connectivity index (χ2v) is 3.31. The number of hydrogen-bond donors (Lipinski definition) is 0. The lowest BCUT2D eigenvalue weighted by atomic mass is 10.1. The molecule has 0 spiro atoms. The van der Waals surface area contributed by atoms with Gasteiger partial charge in [-0.15, -0.1) is 0 Å². The van der Waals surface area contributed by atoms with E-state index >= 15 is 0 Å².